The number of fused-ring (bicyclic) bond motifs is 1. The van der Waals surface area contributed by atoms with Crippen LogP contribution >= 0.6 is 11.8 Å². The molecule has 0 unspecified atom stereocenters. The molecule has 1 aliphatic heterocycles. The number of sulfonamides is 1. The summed E-state index contributed by atoms with van der Waals surface area (Å²) in [6, 6.07) is 13.3. The van der Waals surface area contributed by atoms with E-state index in [1.807, 2.05) is 42.7 Å². The molecule has 0 radical (unpaired) electrons. The number of thioether (sulfide) groups is 1. The van der Waals surface area contributed by atoms with Gasteiger partial charge in [-0.05, 0) is 73.8 Å². The van der Waals surface area contributed by atoms with Gasteiger partial charge in [0.05, 0.1) is 10.6 Å². The fourth-order valence-corrected chi connectivity index (χ4v) is 6.27. The molecular weight excluding hydrogens is 404 g/mol. The second-order valence-corrected chi connectivity index (χ2v) is 10.4. The molecule has 1 N–H and O–H groups in total. The number of para-hydroxylation sites is 1. The molecule has 0 saturated carbocycles. The van der Waals surface area contributed by atoms with E-state index in [0.717, 1.165) is 35.4 Å². The van der Waals surface area contributed by atoms with E-state index >= 15 is 0 Å². The molecule has 5 nitrogen and oxygen atoms in total. The Balaban J connectivity index is 1.40. The van der Waals surface area contributed by atoms with Crippen LogP contribution in [-0.2, 0) is 27.7 Å². The predicted molar refractivity (Wildman–Crippen MR) is 117 cm³/mol. The van der Waals surface area contributed by atoms with Crippen LogP contribution in [0, 0.1) is 5.92 Å². The van der Waals surface area contributed by atoms with E-state index < -0.39 is 10.0 Å². The van der Waals surface area contributed by atoms with Crippen LogP contribution in [0.5, 0.6) is 0 Å². The summed E-state index contributed by atoms with van der Waals surface area (Å²) in [4.78, 5) is 14.1. The standard InChI is InChI=1S/C22H26N2O3S2/c1-28-21-8-3-2-7-20(21)23-22(25)17-11-13-24(14-12-17)29(26,27)19-10-9-16-5-4-6-18(16)15-19/h2-3,7-10,15,17H,4-6,11-14H2,1H3,(H,23,25). The average Bonchev–Trinajstić information content (AvgIpc) is 3.22. The summed E-state index contributed by atoms with van der Waals surface area (Å²) in [6.45, 7) is 0.753. The van der Waals surface area contributed by atoms with Gasteiger partial charge in [0.15, 0.2) is 0 Å². The van der Waals surface area contributed by atoms with Gasteiger partial charge < -0.3 is 5.32 Å². The minimum Gasteiger partial charge on any atom is -0.325 e. The lowest BCUT2D eigenvalue weighted by Crippen LogP contribution is -2.41. The highest BCUT2D eigenvalue weighted by Gasteiger charge is 2.32. The van der Waals surface area contributed by atoms with E-state index in [1.165, 1.54) is 9.87 Å². The van der Waals surface area contributed by atoms with Crippen LogP contribution in [0.15, 0.2) is 52.3 Å². The summed E-state index contributed by atoms with van der Waals surface area (Å²) in [5.74, 6) is -0.197. The Morgan fingerprint density at radius 2 is 1.79 bits per heavy atom. The van der Waals surface area contributed by atoms with E-state index in [-0.39, 0.29) is 11.8 Å². The molecule has 2 aromatic carbocycles. The van der Waals surface area contributed by atoms with Crippen molar-refractivity contribution < 1.29 is 13.2 Å². The summed E-state index contributed by atoms with van der Waals surface area (Å²) >= 11 is 1.59. The number of hydrogen-bond donors (Lipinski definition) is 1. The first-order chi connectivity index (χ1) is 14.0. The first-order valence-electron chi connectivity index (χ1n) is 10.0. The van der Waals surface area contributed by atoms with Crippen molar-refractivity contribution in [2.45, 2.75) is 41.9 Å². The van der Waals surface area contributed by atoms with Crippen molar-refractivity contribution in [2.75, 3.05) is 24.7 Å². The van der Waals surface area contributed by atoms with Crippen molar-refractivity contribution in [3.05, 3.63) is 53.6 Å². The summed E-state index contributed by atoms with van der Waals surface area (Å²) in [5.41, 5.74) is 3.25. The lowest BCUT2D eigenvalue weighted by atomic mass is 9.97. The van der Waals surface area contributed by atoms with Gasteiger partial charge in [0.1, 0.15) is 0 Å². The van der Waals surface area contributed by atoms with Gasteiger partial charge in [0.2, 0.25) is 15.9 Å². The van der Waals surface area contributed by atoms with Crippen LogP contribution in [-0.4, -0.2) is 38.0 Å². The van der Waals surface area contributed by atoms with Crippen LogP contribution in [0.4, 0.5) is 5.69 Å². The lowest BCUT2D eigenvalue weighted by Gasteiger charge is -2.30. The van der Waals surface area contributed by atoms with E-state index in [1.54, 1.807) is 17.8 Å². The van der Waals surface area contributed by atoms with Gasteiger partial charge >= 0.3 is 0 Å². The Hall–Kier alpha value is -1.83. The van der Waals surface area contributed by atoms with Gasteiger partial charge in [-0.25, -0.2) is 8.42 Å². The van der Waals surface area contributed by atoms with Crippen molar-refractivity contribution in [3.8, 4) is 0 Å². The number of anilines is 1. The molecule has 0 aromatic heterocycles. The first kappa shape index (κ1) is 20.4. The normalized spacial score (nSPS) is 17.8. The van der Waals surface area contributed by atoms with Crippen LogP contribution in [0.3, 0.4) is 0 Å². The molecule has 1 fully saturated rings. The molecule has 1 amide bonds. The molecule has 0 bridgehead atoms. The number of aryl methyl sites for hydroxylation is 2. The molecule has 4 rings (SSSR count). The molecule has 0 atom stereocenters. The summed E-state index contributed by atoms with van der Waals surface area (Å²) in [5, 5.41) is 3.02. The van der Waals surface area contributed by atoms with Crippen LogP contribution in [0.25, 0.3) is 0 Å². The highest BCUT2D eigenvalue weighted by atomic mass is 32.2. The minimum atomic E-state index is -3.50. The Kier molecular flexibility index (Phi) is 5.99. The molecule has 1 heterocycles. The third kappa shape index (κ3) is 4.22. The largest absolute Gasteiger partial charge is 0.325 e. The maximum Gasteiger partial charge on any atom is 0.243 e. The zero-order chi connectivity index (χ0) is 20.4. The highest BCUT2D eigenvalue weighted by molar-refractivity contribution is 7.98. The molecule has 1 aliphatic carbocycles. The Bertz CT molecular complexity index is 1010. The molecular formula is C22H26N2O3S2. The van der Waals surface area contributed by atoms with Gasteiger partial charge in [0, 0.05) is 23.9 Å². The topological polar surface area (TPSA) is 66.5 Å². The zero-order valence-electron chi connectivity index (χ0n) is 16.6. The number of carbonyl (C=O) groups is 1. The maximum atomic E-state index is 13.1. The quantitative estimate of drug-likeness (QED) is 0.730. The maximum absolute atomic E-state index is 13.1. The van der Waals surface area contributed by atoms with E-state index in [4.69, 9.17) is 0 Å². The predicted octanol–water partition coefficient (Wildman–Crippen LogP) is 3.94. The number of hydrogen-bond acceptors (Lipinski definition) is 4. The van der Waals surface area contributed by atoms with Gasteiger partial charge in [-0.3, -0.25) is 4.79 Å². The molecule has 0 spiro atoms. The number of nitrogens with zero attached hydrogens (tertiary/aromatic N) is 1. The van der Waals surface area contributed by atoms with Crippen molar-refractivity contribution in [1.82, 2.24) is 4.31 Å². The van der Waals surface area contributed by atoms with Gasteiger partial charge in [-0.2, -0.15) is 4.31 Å². The second kappa shape index (κ2) is 8.50. The summed E-state index contributed by atoms with van der Waals surface area (Å²) in [7, 11) is -3.50. The lowest BCUT2D eigenvalue weighted by molar-refractivity contribution is -0.120. The third-order valence-electron chi connectivity index (χ3n) is 5.90. The SMILES string of the molecule is CSc1ccccc1NC(=O)C1CCN(S(=O)(=O)c2ccc3c(c2)CCC3)CC1. The molecule has 29 heavy (non-hydrogen) atoms. The number of benzene rings is 2. The van der Waals surface area contributed by atoms with E-state index in [9.17, 15) is 13.2 Å². The number of piperidine rings is 1. The monoisotopic (exact) mass is 430 g/mol. The average molecular weight is 431 g/mol. The van der Waals surface area contributed by atoms with E-state index in [2.05, 4.69) is 5.32 Å². The van der Waals surface area contributed by atoms with Crippen molar-refractivity contribution in [1.29, 1.82) is 0 Å². The van der Waals surface area contributed by atoms with Gasteiger partial charge in [0.25, 0.3) is 0 Å². The zero-order valence-corrected chi connectivity index (χ0v) is 18.2. The number of amides is 1. The molecule has 1 saturated heterocycles. The fraction of sp³-hybridized carbons (Fsp3) is 0.409. The smallest absolute Gasteiger partial charge is 0.243 e. The Morgan fingerprint density at radius 1 is 1.07 bits per heavy atom. The second-order valence-electron chi connectivity index (χ2n) is 7.65. The Morgan fingerprint density at radius 3 is 2.55 bits per heavy atom. The molecule has 7 heteroatoms. The molecule has 2 aromatic rings. The van der Waals surface area contributed by atoms with Crippen LogP contribution < -0.4 is 5.32 Å². The number of rotatable bonds is 5. The third-order valence-corrected chi connectivity index (χ3v) is 8.59. The van der Waals surface area contributed by atoms with Crippen molar-refractivity contribution >= 4 is 33.4 Å². The van der Waals surface area contributed by atoms with Gasteiger partial charge in [-0.1, -0.05) is 18.2 Å². The molecule has 2 aliphatic rings. The Labute approximate surface area is 176 Å². The fourth-order valence-electron chi connectivity index (χ4n) is 4.20. The van der Waals surface area contributed by atoms with Gasteiger partial charge in [-0.15, -0.1) is 11.8 Å². The minimum absolute atomic E-state index is 0.0268. The van der Waals surface area contributed by atoms with Crippen LogP contribution in [0.2, 0.25) is 0 Å². The summed E-state index contributed by atoms with van der Waals surface area (Å²) < 4.78 is 27.7. The number of carbonyl (C=O) groups excluding carboxylic acids is 1. The van der Waals surface area contributed by atoms with Crippen molar-refractivity contribution in [2.24, 2.45) is 5.92 Å². The van der Waals surface area contributed by atoms with E-state index in [0.29, 0.717) is 30.8 Å². The number of nitrogens with one attached hydrogen (secondary N) is 1. The highest BCUT2D eigenvalue weighted by Crippen LogP contribution is 2.30. The first-order valence-corrected chi connectivity index (χ1v) is 12.7. The van der Waals surface area contributed by atoms with Crippen molar-refractivity contribution in [3.63, 3.8) is 0 Å². The van der Waals surface area contributed by atoms with Crippen LogP contribution in [0.1, 0.15) is 30.4 Å². The summed E-state index contributed by atoms with van der Waals surface area (Å²) in [6.07, 6.45) is 6.15. The molecule has 154 valence electrons.